The summed E-state index contributed by atoms with van der Waals surface area (Å²) in [6.07, 6.45) is 3.43. The summed E-state index contributed by atoms with van der Waals surface area (Å²) in [6, 6.07) is 0. The fourth-order valence-corrected chi connectivity index (χ4v) is 3.04. The second-order valence-electron chi connectivity index (χ2n) is 5.18. The molecule has 2 N–H and O–H groups in total. The van der Waals surface area contributed by atoms with E-state index >= 15 is 0 Å². The summed E-state index contributed by atoms with van der Waals surface area (Å²) in [5.74, 6) is -0.287. The summed E-state index contributed by atoms with van der Waals surface area (Å²) >= 11 is 4.09. The van der Waals surface area contributed by atoms with E-state index in [0.717, 1.165) is 25.7 Å². The van der Waals surface area contributed by atoms with Gasteiger partial charge in [-0.25, -0.2) is 0 Å². The summed E-state index contributed by atoms with van der Waals surface area (Å²) in [4.78, 5) is 35.7. The van der Waals surface area contributed by atoms with Crippen molar-refractivity contribution >= 4 is 30.4 Å². The first kappa shape index (κ1) is 13.4. The lowest BCUT2D eigenvalue weighted by atomic mass is 9.81. The third-order valence-electron chi connectivity index (χ3n) is 3.91. The summed E-state index contributed by atoms with van der Waals surface area (Å²) in [7, 11) is 0. The molecule has 0 aromatic rings. The van der Waals surface area contributed by atoms with E-state index in [9.17, 15) is 14.4 Å². The molecule has 1 aliphatic heterocycles. The molecule has 1 heterocycles. The van der Waals surface area contributed by atoms with Gasteiger partial charge in [0.1, 0.15) is 0 Å². The van der Waals surface area contributed by atoms with Gasteiger partial charge in [-0.3, -0.25) is 19.3 Å². The Morgan fingerprint density at radius 1 is 1.28 bits per heavy atom. The summed E-state index contributed by atoms with van der Waals surface area (Å²) in [5.41, 5.74) is 5.27. The lowest BCUT2D eigenvalue weighted by Crippen LogP contribution is -2.37. The lowest BCUT2D eigenvalue weighted by molar-refractivity contribution is -0.139. The zero-order valence-electron chi connectivity index (χ0n) is 10.2. The molecule has 0 radical (unpaired) electrons. The predicted octanol–water partition coefficient (Wildman–Crippen LogP) is 0.335. The molecular formula is C12H18N2O3S. The van der Waals surface area contributed by atoms with Gasteiger partial charge in [0.15, 0.2) is 0 Å². The molecule has 1 aliphatic carbocycles. The van der Waals surface area contributed by atoms with Crippen LogP contribution < -0.4 is 5.73 Å². The maximum Gasteiger partial charge on any atom is 0.242 e. The van der Waals surface area contributed by atoms with E-state index in [2.05, 4.69) is 12.6 Å². The monoisotopic (exact) mass is 270 g/mol. The van der Waals surface area contributed by atoms with E-state index in [1.165, 1.54) is 4.90 Å². The van der Waals surface area contributed by atoms with Gasteiger partial charge in [0, 0.05) is 18.9 Å². The predicted molar refractivity (Wildman–Crippen MR) is 68.8 cm³/mol. The average Bonchev–Trinajstić information content (AvgIpc) is 2.57. The van der Waals surface area contributed by atoms with Gasteiger partial charge in [-0.2, -0.15) is 12.6 Å². The van der Waals surface area contributed by atoms with Gasteiger partial charge in [-0.15, -0.1) is 0 Å². The van der Waals surface area contributed by atoms with Gasteiger partial charge in [0.05, 0.1) is 5.25 Å². The van der Waals surface area contributed by atoms with Crippen LogP contribution in [-0.2, 0) is 14.4 Å². The van der Waals surface area contributed by atoms with Crippen LogP contribution in [0.1, 0.15) is 32.1 Å². The highest BCUT2D eigenvalue weighted by Crippen LogP contribution is 2.30. The number of nitrogens with zero attached hydrogens (tertiary/aromatic N) is 1. The van der Waals surface area contributed by atoms with Crippen LogP contribution in [0.2, 0.25) is 0 Å². The van der Waals surface area contributed by atoms with Crippen molar-refractivity contribution in [3.05, 3.63) is 0 Å². The number of hydrogen-bond acceptors (Lipinski definition) is 4. The van der Waals surface area contributed by atoms with Crippen LogP contribution in [0.4, 0.5) is 0 Å². The summed E-state index contributed by atoms with van der Waals surface area (Å²) < 4.78 is 0. The van der Waals surface area contributed by atoms with E-state index in [0.29, 0.717) is 12.5 Å². The maximum absolute atomic E-state index is 11.7. The van der Waals surface area contributed by atoms with Crippen LogP contribution in [0.3, 0.4) is 0 Å². The fraction of sp³-hybridized carbons (Fsp3) is 0.750. The van der Waals surface area contributed by atoms with E-state index in [1.54, 1.807) is 0 Å². The molecule has 6 heteroatoms. The Bertz CT molecular complexity index is 378. The number of thiol groups is 1. The fourth-order valence-electron chi connectivity index (χ4n) is 2.75. The molecule has 2 aliphatic rings. The van der Waals surface area contributed by atoms with Gasteiger partial charge in [-0.1, -0.05) is 0 Å². The van der Waals surface area contributed by atoms with Crippen LogP contribution in [0.5, 0.6) is 0 Å². The topological polar surface area (TPSA) is 80.5 Å². The van der Waals surface area contributed by atoms with Gasteiger partial charge >= 0.3 is 0 Å². The second-order valence-corrected chi connectivity index (χ2v) is 5.81. The van der Waals surface area contributed by atoms with Crippen LogP contribution >= 0.6 is 12.6 Å². The molecule has 2 rings (SSSR count). The van der Waals surface area contributed by atoms with E-state index in [-0.39, 0.29) is 30.1 Å². The quantitative estimate of drug-likeness (QED) is 0.573. The Balaban J connectivity index is 1.87. The molecule has 1 saturated heterocycles. The smallest absolute Gasteiger partial charge is 0.242 e. The van der Waals surface area contributed by atoms with Crippen molar-refractivity contribution in [2.24, 2.45) is 17.6 Å². The third-order valence-corrected chi connectivity index (χ3v) is 4.31. The largest absolute Gasteiger partial charge is 0.369 e. The molecule has 3 amide bonds. The van der Waals surface area contributed by atoms with Gasteiger partial charge in [-0.05, 0) is 31.6 Å². The van der Waals surface area contributed by atoms with Crippen LogP contribution in [0, 0.1) is 11.8 Å². The lowest BCUT2D eigenvalue weighted by Gasteiger charge is -2.29. The zero-order chi connectivity index (χ0) is 13.3. The molecule has 5 nitrogen and oxygen atoms in total. The van der Waals surface area contributed by atoms with Crippen molar-refractivity contribution in [2.75, 3.05) is 6.54 Å². The van der Waals surface area contributed by atoms with Crippen molar-refractivity contribution in [2.45, 2.75) is 37.4 Å². The van der Waals surface area contributed by atoms with Crippen molar-refractivity contribution in [1.29, 1.82) is 0 Å². The standard InChI is InChI=1S/C12H18N2O3S/c13-11(16)8-3-1-7(2-4-8)6-14-10(15)5-9(18)12(14)17/h7-9,18H,1-6H2,(H2,13,16)/t7?,8?,9-/m1/s1. The van der Waals surface area contributed by atoms with E-state index in [1.807, 2.05) is 0 Å². The highest BCUT2D eigenvalue weighted by Gasteiger charge is 2.38. The summed E-state index contributed by atoms with van der Waals surface area (Å²) in [5, 5.41) is -0.473. The van der Waals surface area contributed by atoms with E-state index < -0.39 is 5.25 Å². The molecule has 1 atom stereocenters. The second kappa shape index (κ2) is 5.30. The molecule has 18 heavy (non-hydrogen) atoms. The molecule has 0 aromatic carbocycles. The number of rotatable bonds is 3. The minimum atomic E-state index is -0.473. The SMILES string of the molecule is NC(=O)C1CCC(CN2C(=O)C[C@@H](S)C2=O)CC1. The number of primary amides is 1. The Morgan fingerprint density at radius 3 is 2.33 bits per heavy atom. The number of hydrogen-bond donors (Lipinski definition) is 2. The third kappa shape index (κ3) is 2.68. The Morgan fingerprint density at radius 2 is 1.89 bits per heavy atom. The van der Waals surface area contributed by atoms with Gasteiger partial charge < -0.3 is 5.73 Å². The van der Waals surface area contributed by atoms with Crippen molar-refractivity contribution in [1.82, 2.24) is 4.90 Å². The van der Waals surface area contributed by atoms with Crippen molar-refractivity contribution in [3.8, 4) is 0 Å². The molecule has 0 aromatic heterocycles. The molecular weight excluding hydrogens is 252 g/mol. The number of likely N-dealkylation sites (tertiary alicyclic amines) is 1. The molecule has 1 saturated carbocycles. The van der Waals surface area contributed by atoms with Crippen LogP contribution in [-0.4, -0.2) is 34.4 Å². The van der Waals surface area contributed by atoms with Crippen LogP contribution in [0.25, 0.3) is 0 Å². The molecule has 0 unspecified atom stereocenters. The van der Waals surface area contributed by atoms with Crippen molar-refractivity contribution in [3.63, 3.8) is 0 Å². The highest BCUT2D eigenvalue weighted by atomic mass is 32.1. The number of nitrogens with two attached hydrogens (primary N) is 1. The Hall–Kier alpha value is -1.04. The van der Waals surface area contributed by atoms with Crippen LogP contribution in [0.15, 0.2) is 0 Å². The Labute approximate surface area is 111 Å². The van der Waals surface area contributed by atoms with Crippen molar-refractivity contribution < 1.29 is 14.4 Å². The highest BCUT2D eigenvalue weighted by molar-refractivity contribution is 7.81. The van der Waals surface area contributed by atoms with Gasteiger partial charge in [0.25, 0.3) is 0 Å². The summed E-state index contributed by atoms with van der Waals surface area (Å²) in [6.45, 7) is 0.472. The number of imide groups is 1. The maximum atomic E-state index is 11.7. The number of carbonyl (C=O) groups excluding carboxylic acids is 3. The molecule has 100 valence electrons. The molecule has 0 spiro atoms. The first-order valence-corrected chi connectivity index (χ1v) is 6.82. The first-order chi connectivity index (χ1) is 8.49. The zero-order valence-corrected chi connectivity index (χ0v) is 11.1. The minimum absolute atomic E-state index is 0.0381. The molecule has 2 fully saturated rings. The minimum Gasteiger partial charge on any atom is -0.369 e. The molecule has 0 bridgehead atoms. The van der Waals surface area contributed by atoms with E-state index in [4.69, 9.17) is 5.73 Å². The first-order valence-electron chi connectivity index (χ1n) is 6.30. The normalized spacial score (nSPS) is 32.9. The number of amides is 3. The average molecular weight is 270 g/mol. The van der Waals surface area contributed by atoms with Gasteiger partial charge in [0.2, 0.25) is 17.7 Å². The number of carbonyl (C=O) groups is 3. The Kier molecular flexibility index (Phi) is 3.94.